The molecule has 102 valence electrons. The summed E-state index contributed by atoms with van der Waals surface area (Å²) in [6.07, 6.45) is 5.91. The lowest BCUT2D eigenvalue weighted by Gasteiger charge is -2.41. The van der Waals surface area contributed by atoms with Crippen LogP contribution in [0.5, 0.6) is 0 Å². The van der Waals surface area contributed by atoms with Gasteiger partial charge in [-0.25, -0.2) is 4.79 Å². The first-order chi connectivity index (χ1) is 8.60. The third kappa shape index (κ3) is 2.11. The molecule has 2 N–H and O–H groups in total. The van der Waals surface area contributed by atoms with Crippen molar-refractivity contribution in [2.45, 2.75) is 44.6 Å². The number of nitrogens with one attached hydrogen (secondary N) is 2. The number of rotatable bonds is 4. The minimum Gasteiger partial charge on any atom is -0.383 e. The summed E-state index contributed by atoms with van der Waals surface area (Å²) in [5.41, 5.74) is -0.462. The van der Waals surface area contributed by atoms with E-state index in [0.29, 0.717) is 24.9 Å². The van der Waals surface area contributed by atoms with Gasteiger partial charge in [0.25, 0.3) is 0 Å². The summed E-state index contributed by atoms with van der Waals surface area (Å²) >= 11 is 0. The Morgan fingerprint density at radius 2 is 2.11 bits per heavy atom. The number of urea groups is 1. The second kappa shape index (κ2) is 5.26. The van der Waals surface area contributed by atoms with Crippen LogP contribution in [0.4, 0.5) is 4.79 Å². The molecule has 0 aromatic heterocycles. The Bertz CT molecular complexity index is 339. The number of ether oxygens (including phenoxy) is 1. The van der Waals surface area contributed by atoms with Crippen LogP contribution in [0.3, 0.4) is 0 Å². The van der Waals surface area contributed by atoms with Gasteiger partial charge >= 0.3 is 6.03 Å². The third-order valence-electron chi connectivity index (χ3n) is 4.46. The molecule has 1 unspecified atom stereocenters. The highest BCUT2D eigenvalue weighted by atomic mass is 16.5. The maximum absolute atomic E-state index is 12.0. The lowest BCUT2D eigenvalue weighted by atomic mass is 9.74. The van der Waals surface area contributed by atoms with E-state index in [1.54, 1.807) is 12.0 Å². The van der Waals surface area contributed by atoms with Gasteiger partial charge in [-0.05, 0) is 25.7 Å². The van der Waals surface area contributed by atoms with Gasteiger partial charge in [-0.1, -0.05) is 19.3 Å². The summed E-state index contributed by atoms with van der Waals surface area (Å²) in [4.78, 5) is 13.8. The first-order valence-corrected chi connectivity index (χ1v) is 6.77. The van der Waals surface area contributed by atoms with Crippen molar-refractivity contribution >= 4 is 11.9 Å². The zero-order valence-corrected chi connectivity index (χ0v) is 11.3. The van der Waals surface area contributed by atoms with E-state index in [4.69, 9.17) is 10.1 Å². The average molecular weight is 253 g/mol. The number of methoxy groups -OCH3 is 1. The molecule has 1 heterocycles. The molecule has 1 saturated heterocycles. The minimum absolute atomic E-state index is 0.148. The van der Waals surface area contributed by atoms with Crippen LogP contribution in [0.2, 0.25) is 0 Å². The van der Waals surface area contributed by atoms with E-state index in [-0.39, 0.29) is 6.03 Å². The molecule has 2 amide bonds. The van der Waals surface area contributed by atoms with Crippen LogP contribution in [0.1, 0.15) is 39.0 Å². The molecule has 1 atom stereocenters. The van der Waals surface area contributed by atoms with E-state index in [1.807, 2.05) is 6.92 Å². The summed E-state index contributed by atoms with van der Waals surface area (Å²) in [6, 6.07) is -0.148. The van der Waals surface area contributed by atoms with Crippen molar-refractivity contribution in [3.63, 3.8) is 0 Å². The van der Waals surface area contributed by atoms with E-state index >= 15 is 0 Å². The second-order valence-corrected chi connectivity index (χ2v) is 5.43. The Kier molecular flexibility index (Phi) is 3.90. The van der Waals surface area contributed by atoms with E-state index in [1.165, 1.54) is 19.3 Å². The number of amides is 2. The van der Waals surface area contributed by atoms with Crippen LogP contribution in [0.25, 0.3) is 0 Å². The fourth-order valence-corrected chi connectivity index (χ4v) is 3.25. The molecule has 18 heavy (non-hydrogen) atoms. The van der Waals surface area contributed by atoms with Crippen molar-refractivity contribution in [1.29, 1.82) is 5.41 Å². The van der Waals surface area contributed by atoms with Gasteiger partial charge in [0.05, 0.1) is 6.61 Å². The standard InChI is InChI=1S/C13H23N3O2/c1-13(10-6-4-3-5-7-10)11(14)15-12(17)16(13)8-9-18-2/h10H,3-9H2,1-2H3,(H2,14,15,17). The molecular weight excluding hydrogens is 230 g/mol. The predicted octanol–water partition coefficient (Wildman–Crippen LogP) is 1.97. The topological polar surface area (TPSA) is 65.4 Å². The normalized spacial score (nSPS) is 29.8. The highest BCUT2D eigenvalue weighted by Crippen LogP contribution is 2.38. The highest BCUT2D eigenvalue weighted by molar-refractivity contribution is 6.08. The number of carbonyl (C=O) groups is 1. The van der Waals surface area contributed by atoms with Gasteiger partial charge < -0.3 is 9.64 Å². The summed E-state index contributed by atoms with van der Waals surface area (Å²) in [5.74, 6) is 0.755. The summed E-state index contributed by atoms with van der Waals surface area (Å²) < 4.78 is 5.08. The van der Waals surface area contributed by atoms with Crippen molar-refractivity contribution < 1.29 is 9.53 Å². The zero-order chi connectivity index (χ0) is 13.2. The van der Waals surface area contributed by atoms with E-state index < -0.39 is 5.54 Å². The molecule has 2 aliphatic rings. The van der Waals surface area contributed by atoms with Gasteiger partial charge in [-0.3, -0.25) is 10.7 Å². The van der Waals surface area contributed by atoms with Crippen LogP contribution < -0.4 is 5.32 Å². The van der Waals surface area contributed by atoms with E-state index in [2.05, 4.69) is 5.32 Å². The first kappa shape index (κ1) is 13.3. The molecule has 0 spiro atoms. The smallest absolute Gasteiger partial charge is 0.323 e. The van der Waals surface area contributed by atoms with E-state index in [9.17, 15) is 4.79 Å². The summed E-state index contributed by atoms with van der Waals surface area (Å²) in [7, 11) is 1.64. The van der Waals surface area contributed by atoms with Crippen LogP contribution in [0, 0.1) is 11.3 Å². The molecule has 0 bridgehead atoms. The Hall–Kier alpha value is -1.10. The number of amidine groups is 1. The van der Waals surface area contributed by atoms with Gasteiger partial charge in [0.15, 0.2) is 0 Å². The molecular formula is C13H23N3O2. The van der Waals surface area contributed by atoms with Crippen LogP contribution in [-0.2, 0) is 4.74 Å². The van der Waals surface area contributed by atoms with Crippen molar-refractivity contribution in [3.8, 4) is 0 Å². The van der Waals surface area contributed by atoms with Crippen molar-refractivity contribution in [3.05, 3.63) is 0 Å². The SMILES string of the molecule is COCCN1C(=O)NC(=N)C1(C)C1CCCCC1. The Balaban J connectivity index is 2.18. The average Bonchev–Trinajstić information content (AvgIpc) is 2.60. The molecule has 2 fully saturated rings. The molecule has 0 aromatic rings. The Morgan fingerprint density at radius 1 is 1.44 bits per heavy atom. The second-order valence-electron chi connectivity index (χ2n) is 5.43. The molecule has 5 heteroatoms. The van der Waals surface area contributed by atoms with Crippen molar-refractivity contribution in [2.75, 3.05) is 20.3 Å². The van der Waals surface area contributed by atoms with Crippen molar-refractivity contribution in [2.24, 2.45) is 5.92 Å². The first-order valence-electron chi connectivity index (χ1n) is 6.77. The number of carbonyl (C=O) groups excluding carboxylic acids is 1. The van der Waals surface area contributed by atoms with Gasteiger partial charge in [0, 0.05) is 13.7 Å². The molecule has 1 aliphatic heterocycles. The van der Waals surface area contributed by atoms with E-state index in [0.717, 1.165) is 12.8 Å². The lowest BCUT2D eigenvalue weighted by Crippen LogP contribution is -2.54. The molecule has 1 saturated carbocycles. The molecule has 5 nitrogen and oxygen atoms in total. The fraction of sp³-hybridized carbons (Fsp3) is 0.846. The quantitative estimate of drug-likeness (QED) is 0.804. The lowest BCUT2D eigenvalue weighted by molar-refractivity contribution is 0.0921. The maximum atomic E-state index is 12.0. The minimum atomic E-state index is -0.462. The largest absolute Gasteiger partial charge is 0.383 e. The van der Waals surface area contributed by atoms with Crippen LogP contribution in [0.15, 0.2) is 0 Å². The van der Waals surface area contributed by atoms with Crippen LogP contribution >= 0.6 is 0 Å². The predicted molar refractivity (Wildman–Crippen MR) is 69.8 cm³/mol. The van der Waals surface area contributed by atoms with Gasteiger partial charge in [0.2, 0.25) is 0 Å². The third-order valence-corrected chi connectivity index (χ3v) is 4.46. The van der Waals surface area contributed by atoms with Gasteiger partial charge in [-0.15, -0.1) is 0 Å². The Morgan fingerprint density at radius 3 is 2.72 bits per heavy atom. The maximum Gasteiger partial charge on any atom is 0.323 e. The van der Waals surface area contributed by atoms with Crippen LogP contribution in [-0.4, -0.2) is 42.6 Å². The monoisotopic (exact) mass is 253 g/mol. The number of nitrogens with zero attached hydrogens (tertiary/aromatic N) is 1. The van der Waals surface area contributed by atoms with Crippen molar-refractivity contribution in [1.82, 2.24) is 10.2 Å². The molecule has 2 rings (SSSR count). The van der Waals surface area contributed by atoms with Gasteiger partial charge in [-0.2, -0.15) is 0 Å². The number of hydrogen-bond acceptors (Lipinski definition) is 3. The fourth-order valence-electron chi connectivity index (χ4n) is 3.25. The molecule has 0 radical (unpaired) electrons. The summed E-state index contributed by atoms with van der Waals surface area (Å²) in [5, 5.41) is 10.8. The number of hydrogen-bond donors (Lipinski definition) is 2. The zero-order valence-electron chi connectivity index (χ0n) is 11.3. The Labute approximate surface area is 108 Å². The van der Waals surface area contributed by atoms with Gasteiger partial charge in [0.1, 0.15) is 11.4 Å². The molecule has 1 aliphatic carbocycles. The summed E-state index contributed by atoms with van der Waals surface area (Å²) in [6.45, 7) is 3.10. The highest BCUT2D eigenvalue weighted by Gasteiger charge is 2.51. The molecule has 0 aromatic carbocycles.